The summed E-state index contributed by atoms with van der Waals surface area (Å²) in [5.74, 6) is 0. The summed E-state index contributed by atoms with van der Waals surface area (Å²) in [4.78, 5) is 5.26. The Bertz CT molecular complexity index is 325. The van der Waals surface area contributed by atoms with Crippen LogP contribution < -0.4 is 10.8 Å². The van der Waals surface area contributed by atoms with Gasteiger partial charge in [0.1, 0.15) is 0 Å². The highest BCUT2D eigenvalue weighted by Crippen LogP contribution is 2.18. The first-order chi connectivity index (χ1) is 7.34. The van der Waals surface area contributed by atoms with Crippen molar-refractivity contribution in [2.45, 2.75) is 25.5 Å². The minimum Gasteiger partial charge on any atom is -0.358 e. The predicted molar refractivity (Wildman–Crippen MR) is 63.1 cm³/mol. The van der Waals surface area contributed by atoms with Crippen LogP contribution in [0.5, 0.6) is 0 Å². The third kappa shape index (κ3) is 3.85. The van der Waals surface area contributed by atoms with Gasteiger partial charge in [-0.15, -0.1) is 0 Å². The van der Waals surface area contributed by atoms with Gasteiger partial charge >= 0.3 is 0 Å². The highest BCUT2D eigenvalue weighted by molar-refractivity contribution is 7.80. The van der Waals surface area contributed by atoms with Gasteiger partial charge in [0, 0.05) is 6.04 Å². The summed E-state index contributed by atoms with van der Waals surface area (Å²) in [6.07, 6.45) is 2.42. The van der Waals surface area contributed by atoms with E-state index in [-0.39, 0.29) is 0 Å². The zero-order valence-electron chi connectivity index (χ0n) is 8.40. The lowest BCUT2D eigenvalue weighted by molar-refractivity contribution is 0.0705. The Labute approximate surface area is 94.8 Å². The normalized spacial score (nSPS) is 14.7. The molecule has 0 amide bonds. The lowest BCUT2D eigenvalue weighted by atomic mass is 10.2. The molecule has 2 rings (SSSR count). The highest BCUT2D eigenvalue weighted by atomic mass is 32.1. The molecule has 1 aromatic carbocycles. The van der Waals surface area contributed by atoms with Crippen molar-refractivity contribution in [3.63, 3.8) is 0 Å². The molecule has 0 saturated heterocycles. The van der Waals surface area contributed by atoms with Gasteiger partial charge in [0.25, 0.3) is 0 Å². The van der Waals surface area contributed by atoms with Crippen LogP contribution in [-0.2, 0) is 11.4 Å². The lowest BCUT2D eigenvalue weighted by Crippen LogP contribution is -2.36. The number of hydrogen-bond acceptors (Lipinski definition) is 2. The fourth-order valence-electron chi connectivity index (χ4n) is 1.20. The first-order valence-electron chi connectivity index (χ1n) is 5.07. The standard InChI is InChI=1S/C11H14N2OS/c15-11(12-10-6-7-10)13-14-8-9-4-2-1-3-5-9/h1-5,10H,6-8H2,(H2,12,13,15). The van der Waals surface area contributed by atoms with E-state index in [4.69, 9.17) is 17.1 Å². The van der Waals surface area contributed by atoms with Crippen LogP contribution in [0.1, 0.15) is 18.4 Å². The van der Waals surface area contributed by atoms with Gasteiger partial charge in [0.15, 0.2) is 5.11 Å². The number of hydrogen-bond donors (Lipinski definition) is 2. The molecule has 0 unspecified atom stereocenters. The first-order valence-corrected chi connectivity index (χ1v) is 5.47. The second kappa shape index (κ2) is 5.09. The maximum atomic E-state index is 5.26. The number of rotatable bonds is 4. The molecule has 0 bridgehead atoms. The molecule has 3 nitrogen and oxygen atoms in total. The minimum absolute atomic E-state index is 0.521. The largest absolute Gasteiger partial charge is 0.358 e. The van der Waals surface area contributed by atoms with E-state index in [1.807, 2.05) is 30.3 Å². The molecule has 0 radical (unpaired) electrons. The minimum atomic E-state index is 0.521. The van der Waals surface area contributed by atoms with Gasteiger partial charge in [-0.2, -0.15) is 0 Å². The monoisotopic (exact) mass is 222 g/mol. The van der Waals surface area contributed by atoms with Crippen LogP contribution >= 0.6 is 12.2 Å². The van der Waals surface area contributed by atoms with Crippen LogP contribution in [0, 0.1) is 0 Å². The van der Waals surface area contributed by atoms with Crippen molar-refractivity contribution in [1.82, 2.24) is 10.8 Å². The van der Waals surface area contributed by atoms with Crippen molar-refractivity contribution in [3.8, 4) is 0 Å². The summed E-state index contributed by atoms with van der Waals surface area (Å²) in [5.41, 5.74) is 3.85. The molecule has 1 aliphatic carbocycles. The summed E-state index contributed by atoms with van der Waals surface area (Å²) in [6.45, 7) is 0.521. The SMILES string of the molecule is S=C(NOCc1ccccc1)NC1CC1. The number of hydroxylamine groups is 1. The van der Waals surface area contributed by atoms with E-state index < -0.39 is 0 Å². The summed E-state index contributed by atoms with van der Waals surface area (Å²) in [7, 11) is 0. The van der Waals surface area contributed by atoms with E-state index in [0.717, 1.165) is 5.56 Å². The Balaban J connectivity index is 1.63. The average Bonchev–Trinajstić information content (AvgIpc) is 3.03. The summed E-state index contributed by atoms with van der Waals surface area (Å²) in [5, 5.41) is 3.71. The van der Waals surface area contributed by atoms with Gasteiger partial charge in [-0.05, 0) is 30.6 Å². The van der Waals surface area contributed by atoms with Gasteiger partial charge in [0.2, 0.25) is 0 Å². The zero-order valence-corrected chi connectivity index (χ0v) is 9.22. The van der Waals surface area contributed by atoms with Gasteiger partial charge in [-0.1, -0.05) is 30.3 Å². The Morgan fingerprint density at radius 2 is 2.07 bits per heavy atom. The molecular weight excluding hydrogens is 208 g/mol. The maximum Gasteiger partial charge on any atom is 0.190 e. The van der Waals surface area contributed by atoms with Crippen molar-refractivity contribution in [1.29, 1.82) is 0 Å². The van der Waals surface area contributed by atoms with Crippen LogP contribution in [0.3, 0.4) is 0 Å². The van der Waals surface area contributed by atoms with E-state index in [1.54, 1.807) is 0 Å². The fourth-order valence-corrected chi connectivity index (χ4v) is 1.43. The third-order valence-electron chi connectivity index (χ3n) is 2.16. The number of thiocarbonyl (C=S) groups is 1. The molecule has 4 heteroatoms. The lowest BCUT2D eigenvalue weighted by Gasteiger charge is -2.09. The van der Waals surface area contributed by atoms with Crippen molar-refractivity contribution in [2.75, 3.05) is 0 Å². The molecule has 2 N–H and O–H groups in total. The van der Waals surface area contributed by atoms with Gasteiger partial charge in [-0.3, -0.25) is 4.84 Å². The Morgan fingerprint density at radius 3 is 2.73 bits per heavy atom. The molecule has 15 heavy (non-hydrogen) atoms. The molecule has 1 aliphatic rings. The molecule has 0 spiro atoms. The molecule has 0 aromatic heterocycles. The number of benzene rings is 1. The topological polar surface area (TPSA) is 33.3 Å². The predicted octanol–water partition coefficient (Wildman–Crippen LogP) is 1.74. The average molecular weight is 222 g/mol. The summed E-state index contributed by atoms with van der Waals surface area (Å²) < 4.78 is 0. The van der Waals surface area contributed by atoms with Gasteiger partial charge in [0.05, 0.1) is 6.61 Å². The van der Waals surface area contributed by atoms with Crippen LogP contribution in [-0.4, -0.2) is 11.2 Å². The maximum absolute atomic E-state index is 5.26. The molecule has 0 atom stereocenters. The van der Waals surface area contributed by atoms with Gasteiger partial charge in [-0.25, -0.2) is 5.48 Å². The summed E-state index contributed by atoms with van der Waals surface area (Å²) >= 11 is 5.04. The van der Waals surface area contributed by atoms with Crippen molar-refractivity contribution >= 4 is 17.3 Å². The molecule has 1 saturated carbocycles. The quantitative estimate of drug-likeness (QED) is 0.600. The van der Waals surface area contributed by atoms with Crippen LogP contribution in [0.4, 0.5) is 0 Å². The van der Waals surface area contributed by atoms with Crippen molar-refractivity contribution in [2.24, 2.45) is 0 Å². The van der Waals surface area contributed by atoms with E-state index in [1.165, 1.54) is 12.8 Å². The van der Waals surface area contributed by atoms with Crippen LogP contribution in [0.15, 0.2) is 30.3 Å². The second-order valence-electron chi connectivity index (χ2n) is 3.62. The van der Waals surface area contributed by atoms with E-state index in [2.05, 4.69) is 10.8 Å². The van der Waals surface area contributed by atoms with Crippen molar-refractivity contribution < 1.29 is 4.84 Å². The zero-order chi connectivity index (χ0) is 10.5. The second-order valence-corrected chi connectivity index (χ2v) is 4.03. The van der Waals surface area contributed by atoms with Gasteiger partial charge < -0.3 is 5.32 Å². The molecule has 1 fully saturated rings. The molecular formula is C11H14N2OS. The van der Waals surface area contributed by atoms with Crippen LogP contribution in [0.2, 0.25) is 0 Å². The molecule has 1 aromatic rings. The van der Waals surface area contributed by atoms with Crippen LogP contribution in [0.25, 0.3) is 0 Å². The van der Waals surface area contributed by atoms with Crippen molar-refractivity contribution in [3.05, 3.63) is 35.9 Å². The van der Waals surface area contributed by atoms with E-state index in [0.29, 0.717) is 17.8 Å². The Kier molecular flexibility index (Phi) is 3.53. The number of nitrogens with one attached hydrogen (secondary N) is 2. The molecule has 80 valence electrons. The molecule has 0 heterocycles. The summed E-state index contributed by atoms with van der Waals surface area (Å²) in [6, 6.07) is 10.5. The Hall–Kier alpha value is -1.13. The van der Waals surface area contributed by atoms with E-state index >= 15 is 0 Å². The Morgan fingerprint density at radius 1 is 1.33 bits per heavy atom. The van der Waals surface area contributed by atoms with E-state index in [9.17, 15) is 0 Å². The fraction of sp³-hybridized carbons (Fsp3) is 0.364. The highest BCUT2D eigenvalue weighted by Gasteiger charge is 2.21. The third-order valence-corrected chi connectivity index (χ3v) is 2.36. The smallest absolute Gasteiger partial charge is 0.190 e. The first kappa shape index (κ1) is 10.4. The molecule has 0 aliphatic heterocycles.